The third-order valence-electron chi connectivity index (χ3n) is 4.87. The van der Waals surface area contributed by atoms with E-state index in [0.29, 0.717) is 0 Å². The Balaban J connectivity index is 0.000000164. The summed E-state index contributed by atoms with van der Waals surface area (Å²) in [6.45, 7) is 7.45. The zero-order valence-electron chi connectivity index (χ0n) is 14.1. The summed E-state index contributed by atoms with van der Waals surface area (Å²) in [6.07, 6.45) is 7.56. The Morgan fingerprint density at radius 3 is 2.14 bits per heavy atom. The Kier molecular flexibility index (Phi) is 7.07. The van der Waals surface area contributed by atoms with Crippen LogP contribution in [0, 0.1) is 0 Å². The molecule has 122 valence electrons. The molecule has 0 radical (unpaired) electrons. The lowest BCUT2D eigenvalue weighted by Gasteiger charge is -2.34. The van der Waals surface area contributed by atoms with Crippen molar-refractivity contribution in [1.29, 1.82) is 0 Å². The van der Waals surface area contributed by atoms with Gasteiger partial charge in [-0.05, 0) is 70.9 Å². The lowest BCUT2D eigenvalue weighted by molar-refractivity contribution is 0.112. The molecule has 2 aliphatic rings. The maximum Gasteiger partial charge on any atom is 0.150 e. The molecule has 1 aromatic rings. The van der Waals surface area contributed by atoms with Gasteiger partial charge < -0.3 is 9.80 Å². The first-order valence-electron chi connectivity index (χ1n) is 8.69. The second-order valence-electron chi connectivity index (χ2n) is 6.49. The van der Waals surface area contributed by atoms with Gasteiger partial charge in [0.2, 0.25) is 0 Å². The molecule has 0 N–H and O–H groups in total. The van der Waals surface area contributed by atoms with Crippen LogP contribution in [-0.2, 0) is 6.42 Å². The molecule has 0 bridgehead atoms. The van der Waals surface area contributed by atoms with Gasteiger partial charge in [0, 0.05) is 11.6 Å². The molecule has 0 saturated carbocycles. The minimum Gasteiger partial charge on any atom is -0.306 e. The van der Waals surface area contributed by atoms with Crippen molar-refractivity contribution >= 4 is 6.29 Å². The van der Waals surface area contributed by atoms with E-state index in [1.807, 2.05) is 24.3 Å². The summed E-state index contributed by atoms with van der Waals surface area (Å²) in [5.41, 5.74) is 2.02. The van der Waals surface area contributed by atoms with Gasteiger partial charge in [0.15, 0.2) is 0 Å². The van der Waals surface area contributed by atoms with Crippen LogP contribution in [-0.4, -0.2) is 55.4 Å². The molecule has 2 fully saturated rings. The normalized spacial score (nSPS) is 20.5. The van der Waals surface area contributed by atoms with Crippen molar-refractivity contribution in [3.63, 3.8) is 0 Å². The van der Waals surface area contributed by atoms with E-state index < -0.39 is 0 Å². The fourth-order valence-corrected chi connectivity index (χ4v) is 3.30. The van der Waals surface area contributed by atoms with E-state index in [-0.39, 0.29) is 0 Å². The standard InChI is InChI=1S/C10H20N2.C9H10O/c1-11-8-4-10(5-9-11)12-6-2-3-7-12;1-2-8-3-5-9(7-10)6-4-8/h10H,2-9H2,1H3;3-7H,2H2,1H3. The molecule has 3 heteroatoms. The van der Waals surface area contributed by atoms with E-state index in [1.165, 1.54) is 57.4 Å². The first kappa shape index (κ1) is 17.2. The minimum atomic E-state index is 0.747. The summed E-state index contributed by atoms with van der Waals surface area (Å²) in [7, 11) is 2.24. The van der Waals surface area contributed by atoms with Gasteiger partial charge in [0.1, 0.15) is 6.29 Å². The SMILES string of the molecule is CCc1ccc(C=O)cc1.CN1CCC(N2CCCC2)CC1. The van der Waals surface area contributed by atoms with E-state index in [9.17, 15) is 4.79 Å². The lowest BCUT2D eigenvalue weighted by Crippen LogP contribution is -2.42. The van der Waals surface area contributed by atoms with Gasteiger partial charge in [0.25, 0.3) is 0 Å². The number of likely N-dealkylation sites (tertiary alicyclic amines) is 2. The van der Waals surface area contributed by atoms with Gasteiger partial charge in [-0.3, -0.25) is 4.79 Å². The van der Waals surface area contributed by atoms with Crippen LogP contribution < -0.4 is 0 Å². The second-order valence-corrected chi connectivity index (χ2v) is 6.49. The zero-order chi connectivity index (χ0) is 15.8. The highest BCUT2D eigenvalue weighted by atomic mass is 16.1. The number of rotatable bonds is 3. The molecule has 22 heavy (non-hydrogen) atoms. The van der Waals surface area contributed by atoms with Crippen LogP contribution in [0.5, 0.6) is 0 Å². The topological polar surface area (TPSA) is 23.6 Å². The predicted molar refractivity (Wildman–Crippen MR) is 92.5 cm³/mol. The number of carbonyl (C=O) groups is 1. The monoisotopic (exact) mass is 302 g/mol. The predicted octanol–water partition coefficient (Wildman–Crippen LogP) is 3.24. The molecule has 2 saturated heterocycles. The second kappa shape index (κ2) is 9.06. The number of carbonyl (C=O) groups excluding carboxylic acids is 1. The number of nitrogens with zero attached hydrogens (tertiary/aromatic N) is 2. The summed E-state index contributed by atoms with van der Waals surface area (Å²) < 4.78 is 0. The quantitative estimate of drug-likeness (QED) is 0.801. The first-order chi connectivity index (χ1) is 10.7. The van der Waals surface area contributed by atoms with Crippen molar-refractivity contribution in [2.75, 3.05) is 33.2 Å². The van der Waals surface area contributed by atoms with Crippen LogP contribution in [0.25, 0.3) is 0 Å². The van der Waals surface area contributed by atoms with Gasteiger partial charge in [-0.25, -0.2) is 0 Å². The highest BCUT2D eigenvalue weighted by Gasteiger charge is 2.24. The third kappa shape index (κ3) is 5.22. The molecular weight excluding hydrogens is 272 g/mol. The molecule has 0 unspecified atom stereocenters. The van der Waals surface area contributed by atoms with Crippen LogP contribution >= 0.6 is 0 Å². The maximum atomic E-state index is 10.2. The fraction of sp³-hybridized carbons (Fsp3) is 0.632. The van der Waals surface area contributed by atoms with Crippen molar-refractivity contribution in [3.05, 3.63) is 35.4 Å². The van der Waals surface area contributed by atoms with Crippen molar-refractivity contribution < 1.29 is 4.79 Å². The zero-order valence-corrected chi connectivity index (χ0v) is 14.1. The number of benzene rings is 1. The first-order valence-corrected chi connectivity index (χ1v) is 8.69. The largest absolute Gasteiger partial charge is 0.306 e. The molecule has 0 atom stereocenters. The Hall–Kier alpha value is -1.19. The van der Waals surface area contributed by atoms with Gasteiger partial charge in [0.05, 0.1) is 0 Å². The van der Waals surface area contributed by atoms with Gasteiger partial charge >= 0.3 is 0 Å². The molecule has 3 rings (SSSR count). The van der Waals surface area contributed by atoms with E-state index in [2.05, 4.69) is 23.8 Å². The molecule has 2 heterocycles. The number of aldehydes is 1. The molecule has 3 nitrogen and oxygen atoms in total. The minimum absolute atomic E-state index is 0.747. The third-order valence-corrected chi connectivity index (χ3v) is 4.87. The molecule has 0 aromatic heterocycles. The summed E-state index contributed by atoms with van der Waals surface area (Å²) in [4.78, 5) is 15.4. The van der Waals surface area contributed by atoms with E-state index >= 15 is 0 Å². The average Bonchev–Trinajstić information content (AvgIpc) is 3.11. The van der Waals surface area contributed by atoms with Gasteiger partial charge in [-0.15, -0.1) is 0 Å². The summed E-state index contributed by atoms with van der Waals surface area (Å²) >= 11 is 0. The average molecular weight is 302 g/mol. The van der Waals surface area contributed by atoms with Gasteiger partial charge in [-0.2, -0.15) is 0 Å². The van der Waals surface area contributed by atoms with Crippen LogP contribution in [0.1, 0.15) is 48.5 Å². The summed E-state index contributed by atoms with van der Waals surface area (Å²) in [5.74, 6) is 0. The summed E-state index contributed by atoms with van der Waals surface area (Å²) in [5, 5.41) is 0. The number of piperidine rings is 1. The smallest absolute Gasteiger partial charge is 0.150 e. The molecule has 0 spiro atoms. The van der Waals surface area contributed by atoms with Crippen molar-refractivity contribution in [2.45, 2.75) is 45.1 Å². The molecular formula is C19H30N2O. The Bertz CT molecular complexity index is 429. The van der Waals surface area contributed by atoms with Crippen molar-refractivity contribution in [2.24, 2.45) is 0 Å². The molecule has 0 aliphatic carbocycles. The fourth-order valence-electron chi connectivity index (χ4n) is 3.30. The van der Waals surface area contributed by atoms with Crippen molar-refractivity contribution in [3.8, 4) is 0 Å². The number of hydrogen-bond acceptors (Lipinski definition) is 3. The lowest BCUT2D eigenvalue weighted by atomic mass is 10.0. The highest BCUT2D eigenvalue weighted by Crippen LogP contribution is 2.19. The number of hydrogen-bond donors (Lipinski definition) is 0. The Morgan fingerprint density at radius 1 is 1.05 bits per heavy atom. The molecule has 2 aliphatic heterocycles. The summed E-state index contributed by atoms with van der Waals surface area (Å²) in [6, 6.07) is 8.55. The van der Waals surface area contributed by atoms with Crippen LogP contribution in [0.15, 0.2) is 24.3 Å². The van der Waals surface area contributed by atoms with E-state index in [1.54, 1.807) is 0 Å². The number of aryl methyl sites for hydroxylation is 1. The van der Waals surface area contributed by atoms with E-state index in [0.717, 1.165) is 24.3 Å². The van der Waals surface area contributed by atoms with Gasteiger partial charge in [-0.1, -0.05) is 31.2 Å². The molecule has 1 aromatic carbocycles. The van der Waals surface area contributed by atoms with Crippen LogP contribution in [0.4, 0.5) is 0 Å². The Morgan fingerprint density at radius 2 is 1.64 bits per heavy atom. The van der Waals surface area contributed by atoms with Crippen LogP contribution in [0.3, 0.4) is 0 Å². The Labute approximate surface area is 135 Å². The highest BCUT2D eigenvalue weighted by molar-refractivity contribution is 5.74. The molecule has 0 amide bonds. The van der Waals surface area contributed by atoms with Crippen molar-refractivity contribution in [1.82, 2.24) is 9.80 Å². The van der Waals surface area contributed by atoms with E-state index in [4.69, 9.17) is 0 Å². The maximum absolute atomic E-state index is 10.2. The van der Waals surface area contributed by atoms with Crippen LogP contribution in [0.2, 0.25) is 0 Å².